The van der Waals surface area contributed by atoms with Crippen molar-refractivity contribution in [1.29, 1.82) is 0 Å². The molecule has 0 saturated carbocycles. The highest BCUT2D eigenvalue weighted by molar-refractivity contribution is 7.89. The number of sulfonamides is 1. The van der Waals surface area contributed by atoms with Crippen molar-refractivity contribution < 1.29 is 12.8 Å². The van der Waals surface area contributed by atoms with Gasteiger partial charge in [-0.3, -0.25) is 4.98 Å². The molecule has 0 aliphatic rings. The van der Waals surface area contributed by atoms with Crippen LogP contribution in [0, 0.1) is 5.82 Å². The first-order chi connectivity index (χ1) is 8.06. The number of rotatable bonds is 7. The van der Waals surface area contributed by atoms with Gasteiger partial charge < -0.3 is 5.32 Å². The highest BCUT2D eigenvalue weighted by atomic mass is 32.2. The molecule has 2 N–H and O–H groups in total. The molecule has 1 aromatic heterocycles. The molecule has 0 unspecified atom stereocenters. The molecule has 0 aliphatic carbocycles. The number of hydrogen-bond donors (Lipinski definition) is 2. The molecule has 0 aromatic carbocycles. The smallest absolute Gasteiger partial charge is 0.242 e. The van der Waals surface area contributed by atoms with Gasteiger partial charge in [0.25, 0.3) is 0 Å². The van der Waals surface area contributed by atoms with E-state index in [1.54, 1.807) is 0 Å². The number of hydrogen-bond acceptors (Lipinski definition) is 4. The molecule has 0 fully saturated rings. The lowest BCUT2D eigenvalue weighted by Crippen LogP contribution is -2.32. The first-order valence-electron chi connectivity index (χ1n) is 5.37. The van der Waals surface area contributed by atoms with Gasteiger partial charge in [0.05, 0.1) is 6.20 Å². The van der Waals surface area contributed by atoms with E-state index in [0.29, 0.717) is 6.54 Å². The number of aromatic nitrogens is 1. The molecule has 0 bridgehead atoms. The molecule has 1 rings (SSSR count). The molecule has 96 valence electrons. The summed E-state index contributed by atoms with van der Waals surface area (Å²) in [5, 5.41) is 3.05. The van der Waals surface area contributed by atoms with Crippen molar-refractivity contribution in [1.82, 2.24) is 15.0 Å². The third-order valence-electron chi connectivity index (χ3n) is 2.01. The van der Waals surface area contributed by atoms with Crippen molar-refractivity contribution in [2.24, 2.45) is 0 Å². The maximum Gasteiger partial charge on any atom is 0.242 e. The van der Waals surface area contributed by atoms with Crippen LogP contribution in [0.4, 0.5) is 4.39 Å². The summed E-state index contributed by atoms with van der Waals surface area (Å²) < 4.78 is 38.5. The highest BCUT2D eigenvalue weighted by Gasteiger charge is 2.14. The third kappa shape index (κ3) is 4.76. The van der Waals surface area contributed by atoms with Gasteiger partial charge in [0.2, 0.25) is 10.0 Å². The maximum atomic E-state index is 12.8. The molecule has 0 amide bonds. The van der Waals surface area contributed by atoms with Gasteiger partial charge in [-0.25, -0.2) is 17.5 Å². The fraction of sp³-hybridized carbons (Fsp3) is 0.500. The number of nitrogens with one attached hydrogen (secondary N) is 2. The molecule has 0 aliphatic heterocycles. The average Bonchev–Trinajstić information content (AvgIpc) is 2.29. The van der Waals surface area contributed by atoms with E-state index in [2.05, 4.69) is 15.0 Å². The molecule has 1 aromatic rings. The van der Waals surface area contributed by atoms with Crippen molar-refractivity contribution in [2.45, 2.75) is 18.2 Å². The molecular formula is C10H16FN3O2S. The van der Waals surface area contributed by atoms with Gasteiger partial charge in [0.15, 0.2) is 0 Å². The molecule has 0 radical (unpaired) electrons. The Morgan fingerprint density at radius 2 is 2.06 bits per heavy atom. The molecule has 0 atom stereocenters. The molecule has 1 heterocycles. The fourth-order valence-electron chi connectivity index (χ4n) is 1.20. The van der Waals surface area contributed by atoms with Gasteiger partial charge in [-0.1, -0.05) is 6.92 Å². The van der Waals surface area contributed by atoms with Gasteiger partial charge in [-0.15, -0.1) is 0 Å². The van der Waals surface area contributed by atoms with E-state index in [4.69, 9.17) is 0 Å². The maximum absolute atomic E-state index is 12.8. The Labute approximate surface area is 101 Å². The molecule has 7 heteroatoms. The summed E-state index contributed by atoms with van der Waals surface area (Å²) >= 11 is 0. The minimum Gasteiger partial charge on any atom is -0.315 e. The third-order valence-corrected chi connectivity index (χ3v) is 3.44. The highest BCUT2D eigenvalue weighted by Crippen LogP contribution is 2.07. The Morgan fingerprint density at radius 3 is 2.71 bits per heavy atom. The van der Waals surface area contributed by atoms with E-state index in [9.17, 15) is 12.8 Å². The molecule has 0 spiro atoms. The Hall–Kier alpha value is -1.05. The summed E-state index contributed by atoms with van der Waals surface area (Å²) in [6.07, 6.45) is 3.06. The SMILES string of the molecule is CCCNCCNS(=O)(=O)c1cncc(F)c1. The first kappa shape index (κ1) is 14.0. The Morgan fingerprint density at radius 1 is 1.29 bits per heavy atom. The predicted octanol–water partition coefficient (Wildman–Crippen LogP) is 0.499. The van der Waals surface area contributed by atoms with Crippen LogP contribution in [0.2, 0.25) is 0 Å². The fourth-order valence-corrected chi connectivity index (χ4v) is 2.20. The zero-order chi connectivity index (χ0) is 12.7. The second kappa shape index (κ2) is 6.63. The predicted molar refractivity (Wildman–Crippen MR) is 62.5 cm³/mol. The van der Waals surface area contributed by atoms with E-state index < -0.39 is 15.8 Å². The molecule has 5 nitrogen and oxygen atoms in total. The standard InChI is InChI=1S/C10H16FN3O2S/c1-2-3-12-4-5-14-17(15,16)10-6-9(11)7-13-8-10/h6-8,12,14H,2-5H2,1H3. The summed E-state index contributed by atoms with van der Waals surface area (Å²) in [6.45, 7) is 3.66. The monoisotopic (exact) mass is 261 g/mol. The van der Waals surface area contributed by atoms with Gasteiger partial charge in [0.1, 0.15) is 10.7 Å². The van der Waals surface area contributed by atoms with Crippen LogP contribution in [0.15, 0.2) is 23.4 Å². The lowest BCUT2D eigenvalue weighted by atomic mass is 10.5. The van der Waals surface area contributed by atoms with Crippen molar-refractivity contribution in [3.05, 3.63) is 24.3 Å². The molecule has 17 heavy (non-hydrogen) atoms. The van der Waals surface area contributed by atoms with Crippen LogP contribution in [0.3, 0.4) is 0 Å². The Balaban J connectivity index is 2.51. The zero-order valence-corrected chi connectivity index (χ0v) is 10.4. The summed E-state index contributed by atoms with van der Waals surface area (Å²) in [7, 11) is -3.66. The van der Waals surface area contributed by atoms with E-state index in [-0.39, 0.29) is 11.4 Å². The summed E-state index contributed by atoms with van der Waals surface area (Å²) in [6, 6.07) is 0.939. The van der Waals surface area contributed by atoms with Gasteiger partial charge in [-0.2, -0.15) is 0 Å². The summed E-state index contributed by atoms with van der Waals surface area (Å²) in [4.78, 5) is 3.34. The van der Waals surface area contributed by atoms with Crippen LogP contribution in [-0.4, -0.2) is 33.0 Å². The quantitative estimate of drug-likeness (QED) is 0.701. The zero-order valence-electron chi connectivity index (χ0n) is 9.61. The topological polar surface area (TPSA) is 71.1 Å². The van der Waals surface area contributed by atoms with Crippen LogP contribution in [-0.2, 0) is 10.0 Å². The van der Waals surface area contributed by atoms with Gasteiger partial charge in [0, 0.05) is 19.3 Å². The minimum atomic E-state index is -3.66. The summed E-state index contributed by atoms with van der Waals surface area (Å²) in [5.41, 5.74) is 0. The van der Waals surface area contributed by atoms with Crippen molar-refractivity contribution in [3.8, 4) is 0 Å². The van der Waals surface area contributed by atoms with Crippen molar-refractivity contribution in [3.63, 3.8) is 0 Å². The van der Waals surface area contributed by atoms with Crippen LogP contribution in [0.5, 0.6) is 0 Å². The lowest BCUT2D eigenvalue weighted by Gasteiger charge is -2.06. The van der Waals surface area contributed by atoms with Gasteiger partial charge >= 0.3 is 0 Å². The number of nitrogens with zero attached hydrogens (tertiary/aromatic N) is 1. The Bertz CT molecular complexity index is 451. The molecular weight excluding hydrogens is 245 g/mol. The molecule has 0 saturated heterocycles. The van der Waals surface area contributed by atoms with E-state index in [0.717, 1.165) is 31.4 Å². The van der Waals surface area contributed by atoms with E-state index in [1.165, 1.54) is 0 Å². The second-order valence-corrected chi connectivity index (χ2v) is 5.25. The summed E-state index contributed by atoms with van der Waals surface area (Å²) in [5.74, 6) is -0.669. The van der Waals surface area contributed by atoms with Crippen molar-refractivity contribution in [2.75, 3.05) is 19.6 Å². The number of halogens is 1. The van der Waals surface area contributed by atoms with Crippen LogP contribution >= 0.6 is 0 Å². The number of pyridine rings is 1. The van der Waals surface area contributed by atoms with Gasteiger partial charge in [-0.05, 0) is 19.0 Å². The van der Waals surface area contributed by atoms with Crippen LogP contribution in [0.25, 0.3) is 0 Å². The average molecular weight is 261 g/mol. The first-order valence-corrected chi connectivity index (χ1v) is 6.85. The largest absolute Gasteiger partial charge is 0.315 e. The van der Waals surface area contributed by atoms with E-state index in [1.807, 2.05) is 6.92 Å². The van der Waals surface area contributed by atoms with Crippen molar-refractivity contribution >= 4 is 10.0 Å². The van der Waals surface area contributed by atoms with E-state index >= 15 is 0 Å². The second-order valence-electron chi connectivity index (χ2n) is 3.49. The van der Waals surface area contributed by atoms with Crippen LogP contribution in [0.1, 0.15) is 13.3 Å². The van der Waals surface area contributed by atoms with Crippen LogP contribution < -0.4 is 10.0 Å². The lowest BCUT2D eigenvalue weighted by molar-refractivity contribution is 0.570. The Kier molecular flexibility index (Phi) is 5.46. The normalized spacial score (nSPS) is 11.6. The minimum absolute atomic E-state index is 0.159.